The lowest BCUT2D eigenvalue weighted by atomic mass is 10.2. The summed E-state index contributed by atoms with van der Waals surface area (Å²) >= 11 is 0. The largest absolute Gasteiger partial charge is 0.469 e. The topological polar surface area (TPSA) is 66.2 Å². The van der Waals surface area contributed by atoms with Crippen molar-refractivity contribution in [3.05, 3.63) is 24.2 Å². The summed E-state index contributed by atoms with van der Waals surface area (Å²) in [6.07, 6.45) is 2.12. The third-order valence-electron chi connectivity index (χ3n) is 4.68. The normalized spacial score (nSPS) is 26.3. The van der Waals surface area contributed by atoms with Crippen LogP contribution in [0.4, 0.5) is 0 Å². The van der Waals surface area contributed by atoms with Gasteiger partial charge in [-0.15, -0.1) is 0 Å². The molecule has 3 atom stereocenters. The summed E-state index contributed by atoms with van der Waals surface area (Å²) in [5.41, 5.74) is 0. The van der Waals surface area contributed by atoms with Crippen LogP contribution in [0.25, 0.3) is 0 Å². The van der Waals surface area contributed by atoms with Crippen molar-refractivity contribution in [2.45, 2.75) is 25.4 Å². The van der Waals surface area contributed by atoms with Crippen LogP contribution >= 0.6 is 0 Å². The molecular formula is C17H26N2O4. The van der Waals surface area contributed by atoms with Gasteiger partial charge in [0.25, 0.3) is 0 Å². The molecule has 128 valence electrons. The highest BCUT2D eigenvalue weighted by Crippen LogP contribution is 2.48. The minimum absolute atomic E-state index is 0.0937. The smallest absolute Gasteiger partial charge is 0.226 e. The van der Waals surface area contributed by atoms with E-state index in [2.05, 4.69) is 4.90 Å². The van der Waals surface area contributed by atoms with Crippen LogP contribution in [0, 0.1) is 5.92 Å². The Hall–Kier alpha value is -1.37. The molecule has 0 aromatic carbocycles. The molecule has 3 unspecified atom stereocenters. The van der Waals surface area contributed by atoms with Crippen LogP contribution < -0.4 is 0 Å². The molecule has 6 heteroatoms. The first-order chi connectivity index (χ1) is 11.2. The summed E-state index contributed by atoms with van der Waals surface area (Å²) in [6.45, 7) is 6.63. The molecule has 0 radical (unpaired) electrons. The zero-order chi connectivity index (χ0) is 16.2. The summed E-state index contributed by atoms with van der Waals surface area (Å²) in [5, 5.41) is 9.89. The first kappa shape index (κ1) is 16.5. The molecule has 1 amide bonds. The van der Waals surface area contributed by atoms with Crippen molar-refractivity contribution in [1.29, 1.82) is 0 Å². The molecule has 0 spiro atoms. The van der Waals surface area contributed by atoms with Crippen molar-refractivity contribution in [2.75, 3.05) is 45.9 Å². The van der Waals surface area contributed by atoms with Gasteiger partial charge in [-0.1, -0.05) is 0 Å². The van der Waals surface area contributed by atoms with Crippen LogP contribution in [0.3, 0.4) is 0 Å². The van der Waals surface area contributed by atoms with Gasteiger partial charge >= 0.3 is 0 Å². The van der Waals surface area contributed by atoms with Crippen molar-refractivity contribution >= 4 is 5.91 Å². The number of carbonyl (C=O) groups is 1. The minimum Gasteiger partial charge on any atom is -0.469 e. The summed E-state index contributed by atoms with van der Waals surface area (Å²) < 4.78 is 10.6. The van der Waals surface area contributed by atoms with E-state index >= 15 is 0 Å². The Balaban J connectivity index is 1.40. The van der Waals surface area contributed by atoms with E-state index in [1.165, 1.54) is 0 Å². The fraction of sp³-hybridized carbons (Fsp3) is 0.706. The molecule has 1 aromatic heterocycles. The van der Waals surface area contributed by atoms with Crippen molar-refractivity contribution in [3.8, 4) is 0 Å². The molecule has 1 aliphatic carbocycles. The number of ether oxygens (including phenoxy) is 1. The van der Waals surface area contributed by atoms with Gasteiger partial charge in [-0.05, 0) is 25.5 Å². The number of rotatable bonds is 7. The summed E-state index contributed by atoms with van der Waals surface area (Å²) in [6, 6.07) is 3.83. The van der Waals surface area contributed by atoms with E-state index in [1.807, 2.05) is 24.0 Å². The van der Waals surface area contributed by atoms with Crippen LogP contribution in [0.1, 0.15) is 25.0 Å². The van der Waals surface area contributed by atoms with E-state index < -0.39 is 6.10 Å². The van der Waals surface area contributed by atoms with E-state index in [9.17, 15) is 9.90 Å². The van der Waals surface area contributed by atoms with Gasteiger partial charge in [-0.3, -0.25) is 9.69 Å². The first-order valence-corrected chi connectivity index (χ1v) is 8.49. The monoisotopic (exact) mass is 322 g/mol. The van der Waals surface area contributed by atoms with Gasteiger partial charge in [0, 0.05) is 51.2 Å². The molecule has 1 saturated heterocycles. The van der Waals surface area contributed by atoms with Gasteiger partial charge in [0.2, 0.25) is 5.91 Å². The summed E-state index contributed by atoms with van der Waals surface area (Å²) in [4.78, 5) is 16.7. The minimum atomic E-state index is -0.455. The quantitative estimate of drug-likeness (QED) is 0.809. The van der Waals surface area contributed by atoms with Gasteiger partial charge in [-0.2, -0.15) is 0 Å². The average molecular weight is 322 g/mol. The van der Waals surface area contributed by atoms with Gasteiger partial charge in [-0.25, -0.2) is 0 Å². The molecule has 2 fully saturated rings. The van der Waals surface area contributed by atoms with Crippen LogP contribution in [0.15, 0.2) is 22.8 Å². The van der Waals surface area contributed by atoms with Gasteiger partial charge < -0.3 is 19.2 Å². The number of carbonyl (C=O) groups excluding carboxylic acids is 1. The molecule has 1 aliphatic heterocycles. The van der Waals surface area contributed by atoms with Crippen molar-refractivity contribution in [2.24, 2.45) is 5.92 Å². The second-order valence-electron chi connectivity index (χ2n) is 6.40. The maximum atomic E-state index is 12.5. The second kappa shape index (κ2) is 7.47. The van der Waals surface area contributed by atoms with Crippen LogP contribution in [0.2, 0.25) is 0 Å². The van der Waals surface area contributed by atoms with Crippen LogP contribution in [-0.2, 0) is 9.53 Å². The average Bonchev–Trinajstić information content (AvgIpc) is 3.18. The third kappa shape index (κ3) is 4.13. The SMILES string of the molecule is CCOCC(O)CN1CCN(C(=O)C2CC2c2ccco2)CC1. The van der Waals surface area contributed by atoms with Gasteiger partial charge in [0.1, 0.15) is 5.76 Å². The van der Waals surface area contributed by atoms with E-state index in [0.29, 0.717) is 19.8 Å². The van der Waals surface area contributed by atoms with E-state index in [-0.39, 0.29) is 17.7 Å². The fourth-order valence-electron chi connectivity index (χ4n) is 3.27. The number of aliphatic hydroxyl groups is 1. The highest BCUT2D eigenvalue weighted by atomic mass is 16.5. The predicted octanol–water partition coefficient (Wildman–Crippen LogP) is 0.925. The summed E-state index contributed by atoms with van der Waals surface area (Å²) in [5.74, 6) is 1.54. The van der Waals surface area contributed by atoms with Crippen molar-refractivity contribution in [1.82, 2.24) is 9.80 Å². The lowest BCUT2D eigenvalue weighted by Crippen LogP contribution is -2.51. The Morgan fingerprint density at radius 1 is 1.43 bits per heavy atom. The molecule has 2 heterocycles. The Kier molecular flexibility index (Phi) is 5.35. The third-order valence-corrected chi connectivity index (χ3v) is 4.68. The number of amides is 1. The van der Waals surface area contributed by atoms with Crippen LogP contribution in [-0.4, -0.2) is 72.9 Å². The second-order valence-corrected chi connectivity index (χ2v) is 6.40. The molecule has 6 nitrogen and oxygen atoms in total. The number of furan rings is 1. The zero-order valence-corrected chi connectivity index (χ0v) is 13.7. The van der Waals surface area contributed by atoms with Crippen molar-refractivity contribution < 1.29 is 19.1 Å². The highest BCUT2D eigenvalue weighted by Gasteiger charge is 2.47. The number of β-amino-alcohol motifs (C(OH)–C–C–N with tert-alkyl or cyclic N) is 1. The van der Waals surface area contributed by atoms with E-state index in [0.717, 1.165) is 38.4 Å². The fourth-order valence-corrected chi connectivity index (χ4v) is 3.27. The number of piperazine rings is 1. The Morgan fingerprint density at radius 2 is 2.22 bits per heavy atom. The maximum Gasteiger partial charge on any atom is 0.226 e. The molecule has 1 aromatic rings. The highest BCUT2D eigenvalue weighted by molar-refractivity contribution is 5.83. The lowest BCUT2D eigenvalue weighted by molar-refractivity contribution is -0.134. The number of nitrogens with zero attached hydrogens (tertiary/aromatic N) is 2. The Labute approximate surface area is 137 Å². The molecule has 23 heavy (non-hydrogen) atoms. The Bertz CT molecular complexity index is 497. The molecule has 3 rings (SSSR count). The van der Waals surface area contributed by atoms with Crippen LogP contribution in [0.5, 0.6) is 0 Å². The lowest BCUT2D eigenvalue weighted by Gasteiger charge is -2.35. The number of aliphatic hydroxyl groups excluding tert-OH is 1. The number of hydrogen-bond donors (Lipinski definition) is 1. The van der Waals surface area contributed by atoms with E-state index in [4.69, 9.17) is 9.15 Å². The molecule has 1 N–H and O–H groups in total. The van der Waals surface area contributed by atoms with Gasteiger partial charge in [0.15, 0.2) is 0 Å². The molecular weight excluding hydrogens is 296 g/mol. The standard InChI is InChI=1S/C17H26N2O4/c1-2-22-12-13(20)11-18-5-7-19(8-6-18)17(21)15-10-14(15)16-4-3-9-23-16/h3-4,9,13-15,20H,2,5-8,10-12H2,1H3. The molecule has 2 aliphatic rings. The maximum absolute atomic E-state index is 12.5. The van der Waals surface area contributed by atoms with Gasteiger partial charge in [0.05, 0.1) is 19.0 Å². The Morgan fingerprint density at radius 3 is 2.87 bits per heavy atom. The molecule has 0 bridgehead atoms. The number of hydrogen-bond acceptors (Lipinski definition) is 5. The first-order valence-electron chi connectivity index (χ1n) is 8.49. The zero-order valence-electron chi connectivity index (χ0n) is 13.7. The van der Waals surface area contributed by atoms with E-state index in [1.54, 1.807) is 6.26 Å². The molecule has 1 saturated carbocycles. The predicted molar refractivity (Wildman–Crippen MR) is 85.1 cm³/mol. The van der Waals surface area contributed by atoms with Crippen molar-refractivity contribution in [3.63, 3.8) is 0 Å². The summed E-state index contributed by atoms with van der Waals surface area (Å²) in [7, 11) is 0.